The first-order chi connectivity index (χ1) is 7.22. The van der Waals surface area contributed by atoms with Crippen molar-refractivity contribution < 1.29 is 25.8 Å². The van der Waals surface area contributed by atoms with Crippen LogP contribution >= 0.6 is 13.6 Å². The first-order valence-electron chi connectivity index (χ1n) is 4.67. The predicted octanol–water partition coefficient (Wildman–Crippen LogP) is 3.37. The third kappa shape index (κ3) is 6.91. The second-order valence-corrected chi connectivity index (χ2v) is 3.30. The summed E-state index contributed by atoms with van der Waals surface area (Å²) in [6.07, 6.45) is 0. The van der Waals surface area contributed by atoms with Crippen molar-refractivity contribution in [3.63, 3.8) is 0 Å². The van der Waals surface area contributed by atoms with Gasteiger partial charge in [-0.15, -0.1) is 24.3 Å². The van der Waals surface area contributed by atoms with E-state index in [2.05, 4.69) is 33.5 Å². The Bertz CT molecular complexity index is 249. The standard InChI is InChI=1S/C11H15O2.BrH.Zn/c1-9(2)8-13-11-6-4-10(12-3)5-7-11;;/h4-6,9H,8H2,1-3H3;1H;/q-1;;+2/p-1. The number of ether oxygens (including phenoxy) is 2. The van der Waals surface area contributed by atoms with Gasteiger partial charge < -0.3 is 9.47 Å². The molecule has 1 rings (SSSR count). The fraction of sp³-hybridized carbons (Fsp3) is 0.455. The summed E-state index contributed by atoms with van der Waals surface area (Å²) in [6, 6.07) is 8.50. The Morgan fingerprint density at radius 2 is 2.07 bits per heavy atom. The van der Waals surface area contributed by atoms with E-state index < -0.39 is 0 Å². The molecular formula is C11H15BrO2Zn. The minimum absolute atomic E-state index is 0.538. The van der Waals surface area contributed by atoms with Crippen molar-refractivity contribution in [1.29, 1.82) is 0 Å². The fourth-order valence-corrected chi connectivity index (χ4v) is 0.869. The fourth-order valence-electron chi connectivity index (χ4n) is 0.869. The van der Waals surface area contributed by atoms with E-state index in [0.717, 1.165) is 18.1 Å². The minimum atomic E-state index is 0.538. The Kier molecular flexibility index (Phi) is 9.12. The van der Waals surface area contributed by atoms with E-state index in [1.54, 1.807) is 13.2 Å². The molecule has 0 saturated heterocycles. The molecule has 0 unspecified atom stereocenters. The number of hydrogen-bond acceptors (Lipinski definition) is 2. The molecule has 15 heavy (non-hydrogen) atoms. The molecule has 0 N–H and O–H groups in total. The van der Waals surface area contributed by atoms with Crippen molar-refractivity contribution in [2.24, 2.45) is 5.92 Å². The molecule has 0 aliphatic heterocycles. The van der Waals surface area contributed by atoms with Gasteiger partial charge in [0.2, 0.25) is 0 Å². The molecule has 0 atom stereocenters. The zero-order valence-corrected chi connectivity index (χ0v) is 14.0. The van der Waals surface area contributed by atoms with Crippen LogP contribution in [-0.4, -0.2) is 13.7 Å². The zero-order chi connectivity index (χ0) is 11.7. The van der Waals surface area contributed by atoms with Crippen LogP contribution in [0.4, 0.5) is 0 Å². The molecule has 0 radical (unpaired) electrons. The van der Waals surface area contributed by atoms with Crippen LogP contribution in [0.3, 0.4) is 0 Å². The summed E-state index contributed by atoms with van der Waals surface area (Å²) in [5, 5.41) is 0. The second-order valence-electron chi connectivity index (χ2n) is 3.30. The molecule has 2 nitrogen and oxygen atoms in total. The maximum atomic E-state index is 5.46. The van der Waals surface area contributed by atoms with Gasteiger partial charge in [0, 0.05) is 11.5 Å². The summed E-state index contributed by atoms with van der Waals surface area (Å²) in [6.45, 7) is 4.95. The van der Waals surface area contributed by atoms with E-state index in [-0.39, 0.29) is 0 Å². The van der Waals surface area contributed by atoms with Gasteiger partial charge in [-0.3, -0.25) is 0 Å². The number of hydrogen-bond donors (Lipinski definition) is 0. The molecular weight excluding hydrogens is 309 g/mol. The maximum absolute atomic E-state index is 5.46. The average molecular weight is 325 g/mol. The van der Waals surface area contributed by atoms with E-state index in [1.807, 2.05) is 12.1 Å². The summed E-state index contributed by atoms with van der Waals surface area (Å²) < 4.78 is 10.5. The molecule has 0 fully saturated rings. The van der Waals surface area contributed by atoms with Gasteiger partial charge in [0.1, 0.15) is 0 Å². The summed E-state index contributed by atoms with van der Waals surface area (Å²) in [5.74, 6) is 2.11. The molecule has 1 aromatic rings. The zero-order valence-electron chi connectivity index (χ0n) is 9.42. The van der Waals surface area contributed by atoms with E-state index in [1.165, 1.54) is 16.3 Å². The first kappa shape index (κ1) is 14.9. The van der Waals surface area contributed by atoms with Crippen molar-refractivity contribution in [2.45, 2.75) is 13.8 Å². The quantitative estimate of drug-likeness (QED) is 0.624. The monoisotopic (exact) mass is 322 g/mol. The Balaban J connectivity index is 0.000000921. The summed E-state index contributed by atoms with van der Waals surface area (Å²) in [7, 11) is 1.64. The Morgan fingerprint density at radius 3 is 2.47 bits per heavy atom. The molecule has 0 amide bonds. The van der Waals surface area contributed by atoms with Crippen LogP contribution in [0.1, 0.15) is 13.8 Å². The number of halogens is 1. The van der Waals surface area contributed by atoms with Gasteiger partial charge in [-0.2, -0.15) is 0 Å². The van der Waals surface area contributed by atoms with E-state index >= 15 is 0 Å². The van der Waals surface area contributed by atoms with Crippen LogP contribution in [0.2, 0.25) is 0 Å². The molecule has 0 heterocycles. The third-order valence-electron chi connectivity index (χ3n) is 1.56. The Hall–Kier alpha value is -0.0766. The van der Waals surface area contributed by atoms with Gasteiger partial charge in [0.15, 0.2) is 0 Å². The molecule has 1 aromatic carbocycles. The van der Waals surface area contributed by atoms with E-state index in [4.69, 9.17) is 9.47 Å². The molecule has 0 aliphatic rings. The van der Waals surface area contributed by atoms with Crippen LogP contribution in [0.25, 0.3) is 0 Å². The van der Waals surface area contributed by atoms with Crippen molar-refractivity contribution in [1.82, 2.24) is 0 Å². The Labute approximate surface area is 108 Å². The van der Waals surface area contributed by atoms with Gasteiger partial charge in [-0.25, -0.2) is 0 Å². The first-order valence-corrected chi connectivity index (χ1v) is 11.6. The van der Waals surface area contributed by atoms with Crippen molar-refractivity contribution >= 4 is 13.6 Å². The number of rotatable bonds is 4. The molecule has 4 heteroatoms. The summed E-state index contributed by atoms with van der Waals surface area (Å²) in [5.41, 5.74) is 0. The van der Waals surface area contributed by atoms with Gasteiger partial charge in [-0.05, 0) is 5.92 Å². The van der Waals surface area contributed by atoms with E-state index in [9.17, 15) is 0 Å². The van der Waals surface area contributed by atoms with Gasteiger partial charge in [-0.1, -0.05) is 13.8 Å². The normalized spacial score (nSPS) is 9.27. The third-order valence-corrected chi connectivity index (χ3v) is 1.56. The van der Waals surface area contributed by atoms with Crippen LogP contribution in [0.15, 0.2) is 18.2 Å². The van der Waals surface area contributed by atoms with Crippen LogP contribution in [0.5, 0.6) is 11.5 Å². The van der Waals surface area contributed by atoms with Gasteiger partial charge in [0.05, 0.1) is 13.7 Å². The molecule has 0 bridgehead atoms. The summed E-state index contributed by atoms with van der Waals surface area (Å²) in [4.78, 5) is 0. The molecule has 0 saturated carbocycles. The summed E-state index contributed by atoms with van der Waals surface area (Å²) >= 11 is 4.25. The number of methoxy groups -OCH3 is 1. The topological polar surface area (TPSA) is 18.5 Å². The second kappa shape index (κ2) is 9.17. The van der Waals surface area contributed by atoms with Crippen LogP contribution in [0, 0.1) is 12.0 Å². The predicted molar refractivity (Wildman–Crippen MR) is 61.1 cm³/mol. The Morgan fingerprint density at radius 1 is 1.40 bits per heavy atom. The van der Waals surface area contributed by atoms with Crippen LogP contribution < -0.4 is 9.47 Å². The van der Waals surface area contributed by atoms with Crippen molar-refractivity contribution in [3.8, 4) is 11.5 Å². The number of benzene rings is 1. The van der Waals surface area contributed by atoms with Gasteiger partial charge >= 0.3 is 30.0 Å². The van der Waals surface area contributed by atoms with Gasteiger partial charge in [0.25, 0.3) is 0 Å². The average Bonchev–Trinajstić information content (AvgIpc) is 2.30. The van der Waals surface area contributed by atoms with E-state index in [0.29, 0.717) is 5.92 Å². The molecule has 80 valence electrons. The SMILES string of the molecule is COc1c[c-]c(OCC(C)C)cc1.[Zn+][Br]. The van der Waals surface area contributed by atoms with Crippen molar-refractivity contribution in [2.75, 3.05) is 13.7 Å². The van der Waals surface area contributed by atoms with Crippen molar-refractivity contribution in [3.05, 3.63) is 24.3 Å². The molecule has 0 aliphatic carbocycles. The molecule has 0 spiro atoms. The van der Waals surface area contributed by atoms with Crippen LogP contribution in [-0.2, 0) is 16.3 Å². The molecule has 0 aromatic heterocycles.